The van der Waals surface area contributed by atoms with Gasteiger partial charge >= 0.3 is 0 Å². The Hall–Kier alpha value is -0.820. The van der Waals surface area contributed by atoms with Gasteiger partial charge in [0.05, 0.1) is 0 Å². The molecule has 1 heteroatoms. The van der Waals surface area contributed by atoms with E-state index < -0.39 is 0 Å². The lowest BCUT2D eigenvalue weighted by atomic mass is 9.94. The van der Waals surface area contributed by atoms with E-state index in [0.717, 1.165) is 6.54 Å². The molecule has 0 amide bonds. The highest BCUT2D eigenvalue weighted by Crippen LogP contribution is 2.18. The third kappa shape index (κ3) is 2.08. The third-order valence-corrected chi connectivity index (χ3v) is 2.11. The second kappa shape index (κ2) is 3.72. The zero-order chi connectivity index (χ0) is 9.03. The Labute approximate surface area is 74.8 Å². The summed E-state index contributed by atoms with van der Waals surface area (Å²) in [5.41, 5.74) is 1.43. The van der Waals surface area contributed by atoms with Crippen LogP contribution in [0.4, 0.5) is 0 Å². The first-order valence-corrected chi connectivity index (χ1v) is 4.47. The molecule has 0 saturated heterocycles. The zero-order valence-electron chi connectivity index (χ0n) is 8.09. The van der Waals surface area contributed by atoms with Crippen LogP contribution in [0.25, 0.3) is 0 Å². The lowest BCUT2D eigenvalue weighted by Gasteiger charge is -2.26. The summed E-state index contributed by atoms with van der Waals surface area (Å²) in [5.74, 6) is 0. The molecule has 0 aliphatic heterocycles. The monoisotopic (exact) mass is 163 g/mol. The van der Waals surface area contributed by atoms with E-state index in [1.165, 1.54) is 5.56 Å². The van der Waals surface area contributed by atoms with Gasteiger partial charge in [-0.1, -0.05) is 37.3 Å². The van der Waals surface area contributed by atoms with Gasteiger partial charge in [-0.15, -0.1) is 0 Å². The molecule has 0 bridgehead atoms. The van der Waals surface area contributed by atoms with Gasteiger partial charge in [0, 0.05) is 5.54 Å². The molecule has 1 aromatic carbocycles. The average molecular weight is 163 g/mol. The maximum absolute atomic E-state index is 3.44. The molecule has 0 fully saturated rings. The Kier molecular flexibility index (Phi) is 2.88. The summed E-state index contributed by atoms with van der Waals surface area (Å²) in [6.45, 7) is 7.53. The molecule has 0 radical (unpaired) electrons. The van der Waals surface area contributed by atoms with Gasteiger partial charge in [0.1, 0.15) is 0 Å². The van der Waals surface area contributed by atoms with Crippen molar-refractivity contribution in [3.63, 3.8) is 0 Å². The number of hydrogen-bond acceptors (Lipinski definition) is 1. The quantitative estimate of drug-likeness (QED) is 0.722. The molecule has 0 aliphatic carbocycles. The van der Waals surface area contributed by atoms with Gasteiger partial charge in [-0.2, -0.15) is 0 Å². The van der Waals surface area contributed by atoms with Crippen molar-refractivity contribution >= 4 is 0 Å². The second-order valence-electron chi connectivity index (χ2n) is 3.52. The summed E-state index contributed by atoms with van der Waals surface area (Å²) < 4.78 is 0. The van der Waals surface area contributed by atoms with Crippen LogP contribution in [0.1, 0.15) is 26.3 Å². The Morgan fingerprint density at radius 1 is 1.17 bits per heavy atom. The summed E-state index contributed by atoms with van der Waals surface area (Å²) in [6.07, 6.45) is 0. The standard InChI is InChI=1S/C11H17N/c1-4-12-11(2,3)10-8-6-5-7-9-10/h5-9,12H,4H2,1-3H3. The van der Waals surface area contributed by atoms with E-state index in [9.17, 15) is 0 Å². The fourth-order valence-electron chi connectivity index (χ4n) is 1.40. The highest BCUT2D eigenvalue weighted by atomic mass is 14.9. The van der Waals surface area contributed by atoms with Crippen molar-refractivity contribution in [3.05, 3.63) is 35.9 Å². The van der Waals surface area contributed by atoms with Crippen LogP contribution < -0.4 is 5.32 Å². The van der Waals surface area contributed by atoms with Crippen molar-refractivity contribution in [2.45, 2.75) is 26.3 Å². The van der Waals surface area contributed by atoms with Gasteiger partial charge in [0.15, 0.2) is 0 Å². The predicted molar refractivity (Wildman–Crippen MR) is 53.1 cm³/mol. The molecule has 0 heterocycles. The van der Waals surface area contributed by atoms with Gasteiger partial charge < -0.3 is 5.32 Å². The van der Waals surface area contributed by atoms with E-state index in [2.05, 4.69) is 50.4 Å². The van der Waals surface area contributed by atoms with E-state index in [4.69, 9.17) is 0 Å². The van der Waals surface area contributed by atoms with Gasteiger partial charge in [-0.25, -0.2) is 0 Å². The van der Waals surface area contributed by atoms with Crippen LogP contribution >= 0.6 is 0 Å². The Morgan fingerprint density at radius 3 is 2.25 bits per heavy atom. The second-order valence-corrected chi connectivity index (χ2v) is 3.52. The minimum Gasteiger partial charge on any atom is -0.308 e. The van der Waals surface area contributed by atoms with Crippen LogP contribution in [-0.4, -0.2) is 6.54 Å². The lowest BCUT2D eigenvalue weighted by molar-refractivity contribution is 0.416. The number of nitrogens with one attached hydrogen (secondary N) is 1. The Morgan fingerprint density at radius 2 is 1.75 bits per heavy atom. The summed E-state index contributed by atoms with van der Waals surface area (Å²) in [7, 11) is 0. The van der Waals surface area contributed by atoms with Crippen molar-refractivity contribution in [1.82, 2.24) is 5.32 Å². The van der Waals surface area contributed by atoms with E-state index in [0.29, 0.717) is 0 Å². The molecule has 0 aromatic heterocycles. The normalized spacial score (nSPS) is 11.6. The molecular formula is C11H17N. The van der Waals surface area contributed by atoms with Crippen molar-refractivity contribution in [3.8, 4) is 0 Å². The number of rotatable bonds is 3. The van der Waals surface area contributed by atoms with Gasteiger partial charge in [-0.3, -0.25) is 0 Å². The van der Waals surface area contributed by atoms with Crippen LogP contribution in [-0.2, 0) is 5.54 Å². The maximum atomic E-state index is 3.44. The molecule has 0 unspecified atom stereocenters. The van der Waals surface area contributed by atoms with Crippen LogP contribution in [0.3, 0.4) is 0 Å². The molecule has 0 atom stereocenters. The van der Waals surface area contributed by atoms with Crippen molar-refractivity contribution in [1.29, 1.82) is 0 Å². The Balaban J connectivity index is 2.82. The largest absolute Gasteiger partial charge is 0.308 e. The molecule has 1 N–H and O–H groups in total. The minimum atomic E-state index is 0.0933. The predicted octanol–water partition coefficient (Wildman–Crippen LogP) is 2.53. The number of hydrogen-bond donors (Lipinski definition) is 1. The SMILES string of the molecule is CCNC(C)(C)c1ccccc1. The van der Waals surface area contributed by atoms with E-state index in [-0.39, 0.29) is 5.54 Å². The van der Waals surface area contributed by atoms with Gasteiger partial charge in [-0.05, 0) is 26.0 Å². The summed E-state index contributed by atoms with van der Waals surface area (Å²) >= 11 is 0. The summed E-state index contributed by atoms with van der Waals surface area (Å²) in [5, 5.41) is 3.44. The maximum Gasteiger partial charge on any atom is 0.0377 e. The van der Waals surface area contributed by atoms with Crippen LogP contribution in [0.15, 0.2) is 30.3 Å². The topological polar surface area (TPSA) is 12.0 Å². The molecule has 0 spiro atoms. The highest BCUT2D eigenvalue weighted by molar-refractivity contribution is 5.22. The molecule has 0 aliphatic rings. The molecule has 0 saturated carbocycles. The fraction of sp³-hybridized carbons (Fsp3) is 0.455. The molecule has 1 aromatic rings. The zero-order valence-corrected chi connectivity index (χ0v) is 8.09. The Bertz CT molecular complexity index is 226. The third-order valence-electron chi connectivity index (χ3n) is 2.11. The fourth-order valence-corrected chi connectivity index (χ4v) is 1.40. The van der Waals surface area contributed by atoms with Gasteiger partial charge in [0.2, 0.25) is 0 Å². The molecule has 66 valence electrons. The molecule has 1 rings (SSSR count). The molecule has 12 heavy (non-hydrogen) atoms. The van der Waals surface area contributed by atoms with Crippen LogP contribution in [0, 0.1) is 0 Å². The van der Waals surface area contributed by atoms with Crippen LogP contribution in [0.2, 0.25) is 0 Å². The minimum absolute atomic E-state index is 0.0933. The first-order chi connectivity index (χ1) is 5.67. The van der Waals surface area contributed by atoms with Gasteiger partial charge in [0.25, 0.3) is 0 Å². The average Bonchev–Trinajstić information content (AvgIpc) is 2.06. The van der Waals surface area contributed by atoms with Crippen molar-refractivity contribution in [2.75, 3.05) is 6.54 Å². The molecule has 1 nitrogen and oxygen atoms in total. The van der Waals surface area contributed by atoms with Crippen LogP contribution in [0.5, 0.6) is 0 Å². The van der Waals surface area contributed by atoms with E-state index in [1.54, 1.807) is 0 Å². The number of benzene rings is 1. The summed E-state index contributed by atoms with van der Waals surface area (Å²) in [6, 6.07) is 10.5. The first kappa shape index (κ1) is 9.27. The van der Waals surface area contributed by atoms with Crippen molar-refractivity contribution in [2.24, 2.45) is 0 Å². The van der Waals surface area contributed by atoms with E-state index >= 15 is 0 Å². The van der Waals surface area contributed by atoms with Crippen molar-refractivity contribution < 1.29 is 0 Å². The smallest absolute Gasteiger partial charge is 0.0377 e. The summed E-state index contributed by atoms with van der Waals surface area (Å²) in [4.78, 5) is 0. The van der Waals surface area contributed by atoms with E-state index in [1.807, 2.05) is 6.07 Å². The first-order valence-electron chi connectivity index (χ1n) is 4.47. The lowest BCUT2D eigenvalue weighted by Crippen LogP contribution is -2.36. The highest BCUT2D eigenvalue weighted by Gasteiger charge is 2.17. The molecular weight excluding hydrogens is 146 g/mol.